The summed E-state index contributed by atoms with van der Waals surface area (Å²) in [5.74, 6) is 1.62. The van der Waals surface area contributed by atoms with Gasteiger partial charge in [-0.1, -0.05) is 12.1 Å². The van der Waals surface area contributed by atoms with Gasteiger partial charge in [0.15, 0.2) is 0 Å². The molecule has 0 spiro atoms. The Morgan fingerprint density at radius 1 is 0.889 bits per heavy atom. The third-order valence-corrected chi connectivity index (χ3v) is 5.35. The zero-order valence-corrected chi connectivity index (χ0v) is 12.9. The van der Waals surface area contributed by atoms with E-state index in [0.717, 1.165) is 9.79 Å². The second kappa shape index (κ2) is 9.34. The minimum Gasteiger partial charge on any atom is -0.391 e. The minimum absolute atomic E-state index is 0.243. The van der Waals surface area contributed by atoms with Crippen LogP contribution in [0, 0.1) is 0 Å². The number of alkyl halides is 2. The first-order valence-electron chi connectivity index (χ1n) is 5.50. The number of rotatable bonds is 8. The average molecular weight is 327 g/mol. The van der Waals surface area contributed by atoms with Crippen LogP contribution in [0.25, 0.3) is 0 Å². The van der Waals surface area contributed by atoms with Gasteiger partial charge in [-0.25, -0.2) is 0 Å². The van der Waals surface area contributed by atoms with Crippen molar-refractivity contribution in [1.29, 1.82) is 0 Å². The van der Waals surface area contributed by atoms with Gasteiger partial charge >= 0.3 is 0 Å². The van der Waals surface area contributed by atoms with Crippen LogP contribution in [-0.4, -0.2) is 45.7 Å². The fraction of sp³-hybridized carbons (Fsp3) is 0.500. The summed E-state index contributed by atoms with van der Waals surface area (Å²) < 4.78 is 0. The van der Waals surface area contributed by atoms with Crippen LogP contribution in [-0.2, 0) is 0 Å². The smallest absolute Gasteiger partial charge is 0.0769 e. The summed E-state index contributed by atoms with van der Waals surface area (Å²) in [4.78, 5) is 2.18. The van der Waals surface area contributed by atoms with E-state index in [-0.39, 0.29) is 11.8 Å². The van der Waals surface area contributed by atoms with Gasteiger partial charge in [-0.3, -0.25) is 0 Å². The van der Waals surface area contributed by atoms with E-state index in [4.69, 9.17) is 23.2 Å². The third-order valence-electron chi connectivity index (χ3n) is 2.07. The van der Waals surface area contributed by atoms with Crippen LogP contribution in [0.2, 0.25) is 0 Å². The Bertz CT molecular complexity index is 320. The second-order valence-electron chi connectivity index (χ2n) is 3.68. The molecule has 18 heavy (non-hydrogen) atoms. The number of thioether (sulfide) groups is 2. The highest BCUT2D eigenvalue weighted by Crippen LogP contribution is 2.31. The van der Waals surface area contributed by atoms with E-state index >= 15 is 0 Å². The van der Waals surface area contributed by atoms with E-state index in [9.17, 15) is 10.2 Å². The van der Waals surface area contributed by atoms with Crippen molar-refractivity contribution < 1.29 is 10.2 Å². The second-order valence-corrected chi connectivity index (χ2v) is 6.43. The Balaban J connectivity index is 2.56. The summed E-state index contributed by atoms with van der Waals surface area (Å²) in [5, 5.41) is 18.9. The zero-order valence-electron chi connectivity index (χ0n) is 9.76. The number of aliphatic hydroxyl groups is 2. The summed E-state index contributed by atoms with van der Waals surface area (Å²) >= 11 is 14.3. The van der Waals surface area contributed by atoms with Gasteiger partial charge in [-0.15, -0.1) is 46.7 Å². The molecule has 1 rings (SSSR count). The molecule has 2 nitrogen and oxygen atoms in total. The molecule has 0 bridgehead atoms. The van der Waals surface area contributed by atoms with Crippen molar-refractivity contribution in [3.8, 4) is 0 Å². The van der Waals surface area contributed by atoms with Crippen LogP contribution in [0.4, 0.5) is 0 Å². The van der Waals surface area contributed by atoms with Crippen molar-refractivity contribution in [2.45, 2.75) is 22.0 Å². The van der Waals surface area contributed by atoms with E-state index in [1.807, 2.05) is 24.3 Å². The minimum atomic E-state index is -0.497. The first-order valence-corrected chi connectivity index (χ1v) is 8.54. The lowest BCUT2D eigenvalue weighted by Gasteiger charge is -2.12. The third kappa shape index (κ3) is 6.04. The maximum Gasteiger partial charge on any atom is 0.0769 e. The largest absolute Gasteiger partial charge is 0.391 e. The highest BCUT2D eigenvalue weighted by molar-refractivity contribution is 8.02. The zero-order chi connectivity index (χ0) is 13.4. The molecule has 0 aliphatic rings. The van der Waals surface area contributed by atoms with Crippen molar-refractivity contribution in [2.75, 3.05) is 23.3 Å². The molecule has 2 atom stereocenters. The predicted molar refractivity (Wildman–Crippen MR) is 81.3 cm³/mol. The van der Waals surface area contributed by atoms with Crippen LogP contribution in [0.5, 0.6) is 0 Å². The standard InChI is InChI=1S/C12H16Cl2O2S2/c13-5-9(15)7-17-11-3-1-2-4-12(11)18-8-10(16)6-14/h1-4,9-10,15-16H,5-8H2. The van der Waals surface area contributed by atoms with Crippen molar-refractivity contribution in [3.63, 3.8) is 0 Å². The van der Waals surface area contributed by atoms with Crippen molar-refractivity contribution >= 4 is 46.7 Å². The van der Waals surface area contributed by atoms with E-state index in [1.165, 1.54) is 0 Å². The molecule has 102 valence electrons. The summed E-state index contributed by atoms with van der Waals surface area (Å²) in [6, 6.07) is 7.91. The first-order chi connectivity index (χ1) is 8.67. The number of aliphatic hydroxyl groups excluding tert-OH is 2. The van der Waals surface area contributed by atoms with Crippen LogP contribution >= 0.6 is 46.7 Å². The summed E-state index contributed by atoms with van der Waals surface area (Å²) in [7, 11) is 0. The Kier molecular flexibility index (Phi) is 8.55. The predicted octanol–water partition coefficient (Wildman–Crippen LogP) is 3.07. The molecule has 0 aliphatic heterocycles. The van der Waals surface area contributed by atoms with Gasteiger partial charge in [0.1, 0.15) is 0 Å². The number of halogens is 2. The topological polar surface area (TPSA) is 40.5 Å². The molecular formula is C12H16Cl2O2S2. The molecule has 0 saturated heterocycles. The van der Waals surface area contributed by atoms with Crippen molar-refractivity contribution in [3.05, 3.63) is 24.3 Å². The van der Waals surface area contributed by atoms with Crippen LogP contribution in [0.1, 0.15) is 0 Å². The highest BCUT2D eigenvalue weighted by Gasteiger charge is 2.09. The Labute approximate surface area is 126 Å². The van der Waals surface area contributed by atoms with E-state index in [2.05, 4.69) is 0 Å². The number of benzene rings is 1. The fourth-order valence-electron chi connectivity index (χ4n) is 1.15. The van der Waals surface area contributed by atoms with Gasteiger partial charge in [0.25, 0.3) is 0 Å². The molecule has 1 aromatic rings. The van der Waals surface area contributed by atoms with Crippen LogP contribution in [0.3, 0.4) is 0 Å². The van der Waals surface area contributed by atoms with Crippen molar-refractivity contribution in [1.82, 2.24) is 0 Å². The van der Waals surface area contributed by atoms with E-state index in [1.54, 1.807) is 23.5 Å². The lowest BCUT2D eigenvalue weighted by molar-refractivity contribution is 0.223. The van der Waals surface area contributed by atoms with Gasteiger partial charge in [0, 0.05) is 33.1 Å². The average Bonchev–Trinajstić information content (AvgIpc) is 2.42. The maximum atomic E-state index is 9.45. The monoisotopic (exact) mass is 326 g/mol. The van der Waals surface area contributed by atoms with Gasteiger partial charge in [0.2, 0.25) is 0 Å². The molecule has 1 aromatic carbocycles. The summed E-state index contributed by atoms with van der Waals surface area (Å²) in [6.07, 6.45) is -0.994. The fourth-order valence-corrected chi connectivity index (χ4v) is 3.73. The first kappa shape index (κ1) is 16.5. The molecule has 0 amide bonds. The molecule has 0 aromatic heterocycles. The Morgan fingerprint density at radius 2 is 1.28 bits per heavy atom. The molecule has 6 heteroatoms. The van der Waals surface area contributed by atoms with E-state index in [0.29, 0.717) is 11.5 Å². The van der Waals surface area contributed by atoms with Gasteiger partial charge in [-0.2, -0.15) is 0 Å². The van der Waals surface area contributed by atoms with Crippen molar-refractivity contribution in [2.24, 2.45) is 0 Å². The molecule has 2 unspecified atom stereocenters. The van der Waals surface area contributed by atoms with E-state index < -0.39 is 12.2 Å². The Hall–Kier alpha value is 0.420. The normalized spacial score (nSPS) is 14.4. The van der Waals surface area contributed by atoms with Gasteiger partial charge < -0.3 is 10.2 Å². The molecule has 0 heterocycles. The number of hydrogen-bond donors (Lipinski definition) is 2. The molecule has 0 radical (unpaired) electrons. The maximum absolute atomic E-state index is 9.45. The SMILES string of the molecule is OC(CCl)CSc1ccccc1SCC(O)CCl. The van der Waals surface area contributed by atoms with Crippen LogP contribution in [0.15, 0.2) is 34.1 Å². The quantitative estimate of drug-likeness (QED) is 0.569. The Morgan fingerprint density at radius 3 is 1.61 bits per heavy atom. The van der Waals surface area contributed by atoms with Gasteiger partial charge in [0.05, 0.1) is 12.2 Å². The van der Waals surface area contributed by atoms with Gasteiger partial charge in [-0.05, 0) is 12.1 Å². The molecule has 0 aliphatic carbocycles. The lowest BCUT2D eigenvalue weighted by Crippen LogP contribution is -2.12. The molecular weight excluding hydrogens is 311 g/mol. The molecule has 2 N–H and O–H groups in total. The molecule has 0 saturated carbocycles. The number of hydrogen-bond acceptors (Lipinski definition) is 4. The summed E-state index contributed by atoms with van der Waals surface area (Å²) in [5.41, 5.74) is 0. The highest BCUT2D eigenvalue weighted by atomic mass is 35.5. The summed E-state index contributed by atoms with van der Waals surface area (Å²) in [6.45, 7) is 0. The van der Waals surface area contributed by atoms with Crippen LogP contribution < -0.4 is 0 Å². The molecule has 0 fully saturated rings. The lowest BCUT2D eigenvalue weighted by atomic mass is 10.4.